The average Bonchev–Trinajstić information content (AvgIpc) is 2.89. The van der Waals surface area contributed by atoms with Gasteiger partial charge in [-0.05, 0) is 18.1 Å². The van der Waals surface area contributed by atoms with E-state index in [0.717, 1.165) is 30.0 Å². The minimum atomic E-state index is -0.0966. The molecule has 1 aliphatic rings. The monoisotopic (exact) mass is 271 g/mol. The highest BCUT2D eigenvalue weighted by molar-refractivity contribution is 5.86. The minimum absolute atomic E-state index is 0.0435. The summed E-state index contributed by atoms with van der Waals surface area (Å²) < 4.78 is 1.80. The van der Waals surface area contributed by atoms with E-state index < -0.39 is 0 Å². The number of carbonyl (C=O) groups is 1. The third-order valence-corrected chi connectivity index (χ3v) is 3.63. The van der Waals surface area contributed by atoms with Crippen molar-refractivity contribution in [1.82, 2.24) is 20.1 Å². The van der Waals surface area contributed by atoms with Crippen molar-refractivity contribution in [3.63, 3.8) is 0 Å². The Morgan fingerprint density at radius 3 is 3.15 bits per heavy atom. The first kappa shape index (κ1) is 12.7. The Balaban J connectivity index is 1.71. The molecule has 2 heterocycles. The molecule has 1 aliphatic heterocycles. The fourth-order valence-corrected chi connectivity index (χ4v) is 2.50. The minimum Gasteiger partial charge on any atom is -0.385 e. The van der Waals surface area contributed by atoms with Crippen LogP contribution < -0.4 is 10.6 Å². The van der Waals surface area contributed by atoms with Crippen LogP contribution in [0.4, 0.5) is 5.69 Å². The van der Waals surface area contributed by atoms with Crippen molar-refractivity contribution < 1.29 is 4.79 Å². The zero-order valence-electron chi connectivity index (χ0n) is 11.3. The van der Waals surface area contributed by atoms with Crippen molar-refractivity contribution in [2.45, 2.75) is 18.9 Å². The highest BCUT2D eigenvalue weighted by Crippen LogP contribution is 2.31. The fourth-order valence-electron chi connectivity index (χ4n) is 2.50. The van der Waals surface area contributed by atoms with Crippen LogP contribution >= 0.6 is 0 Å². The summed E-state index contributed by atoms with van der Waals surface area (Å²) in [7, 11) is 1.86. The molecule has 1 aromatic heterocycles. The lowest BCUT2D eigenvalue weighted by atomic mass is 9.90. The molecule has 1 aromatic carbocycles. The van der Waals surface area contributed by atoms with Crippen LogP contribution in [-0.2, 0) is 18.4 Å². The molecule has 0 saturated heterocycles. The van der Waals surface area contributed by atoms with E-state index in [1.165, 1.54) is 0 Å². The standard InChI is InChI=1S/C14H17N5O/c1-19-9-17-18-13(19)8-16-14(20)11-6-7-15-12-5-3-2-4-10(11)12/h2-5,9,11,15H,6-8H2,1H3,(H,16,20). The Bertz CT molecular complexity index is 622. The first-order chi connectivity index (χ1) is 9.75. The number of hydrogen-bond acceptors (Lipinski definition) is 4. The largest absolute Gasteiger partial charge is 0.385 e. The third-order valence-electron chi connectivity index (χ3n) is 3.63. The molecule has 0 saturated carbocycles. The fraction of sp³-hybridized carbons (Fsp3) is 0.357. The number of aromatic nitrogens is 3. The molecule has 0 bridgehead atoms. The number of aryl methyl sites for hydroxylation is 1. The van der Waals surface area contributed by atoms with Crippen molar-refractivity contribution in [2.75, 3.05) is 11.9 Å². The Labute approximate surface area is 117 Å². The van der Waals surface area contributed by atoms with E-state index >= 15 is 0 Å². The van der Waals surface area contributed by atoms with Gasteiger partial charge in [-0.2, -0.15) is 0 Å². The molecule has 2 aromatic rings. The number of anilines is 1. The number of fused-ring (bicyclic) bond motifs is 1. The average molecular weight is 271 g/mol. The van der Waals surface area contributed by atoms with Gasteiger partial charge >= 0.3 is 0 Å². The topological polar surface area (TPSA) is 71.8 Å². The summed E-state index contributed by atoms with van der Waals surface area (Å²) in [6.45, 7) is 1.22. The molecule has 6 nitrogen and oxygen atoms in total. The second-order valence-corrected chi connectivity index (χ2v) is 4.93. The molecule has 2 N–H and O–H groups in total. The van der Waals surface area contributed by atoms with Crippen LogP contribution in [0.2, 0.25) is 0 Å². The Morgan fingerprint density at radius 1 is 1.50 bits per heavy atom. The lowest BCUT2D eigenvalue weighted by molar-refractivity contribution is -0.122. The highest BCUT2D eigenvalue weighted by atomic mass is 16.1. The number of nitrogens with one attached hydrogen (secondary N) is 2. The maximum absolute atomic E-state index is 12.4. The van der Waals surface area contributed by atoms with Crippen molar-refractivity contribution in [3.8, 4) is 0 Å². The molecule has 0 radical (unpaired) electrons. The van der Waals surface area contributed by atoms with Crippen LogP contribution in [-0.4, -0.2) is 27.2 Å². The first-order valence-electron chi connectivity index (χ1n) is 6.69. The van der Waals surface area contributed by atoms with E-state index in [-0.39, 0.29) is 11.8 Å². The van der Waals surface area contributed by atoms with Crippen molar-refractivity contribution >= 4 is 11.6 Å². The summed E-state index contributed by atoms with van der Waals surface area (Å²) in [6, 6.07) is 7.96. The van der Waals surface area contributed by atoms with Crippen molar-refractivity contribution in [2.24, 2.45) is 7.05 Å². The van der Waals surface area contributed by atoms with Gasteiger partial charge in [0.25, 0.3) is 0 Å². The van der Waals surface area contributed by atoms with Gasteiger partial charge in [0.1, 0.15) is 6.33 Å². The molecular formula is C14H17N5O. The maximum Gasteiger partial charge on any atom is 0.228 e. The molecule has 3 rings (SSSR count). The second-order valence-electron chi connectivity index (χ2n) is 4.93. The number of amides is 1. The molecule has 0 aliphatic carbocycles. The molecule has 104 valence electrons. The first-order valence-corrected chi connectivity index (χ1v) is 6.69. The number of rotatable bonds is 3. The SMILES string of the molecule is Cn1cnnc1CNC(=O)C1CCNc2ccccc21. The van der Waals surface area contributed by atoms with Gasteiger partial charge in [-0.25, -0.2) is 0 Å². The summed E-state index contributed by atoms with van der Waals surface area (Å²) >= 11 is 0. The predicted octanol–water partition coefficient (Wildman–Crippen LogP) is 1.03. The van der Waals surface area contributed by atoms with E-state index in [4.69, 9.17) is 0 Å². The van der Waals surface area contributed by atoms with Gasteiger partial charge in [0, 0.05) is 19.3 Å². The van der Waals surface area contributed by atoms with Crippen LogP contribution in [0, 0.1) is 0 Å². The van der Waals surface area contributed by atoms with Gasteiger partial charge in [0.2, 0.25) is 5.91 Å². The number of nitrogens with zero attached hydrogens (tertiary/aromatic N) is 3. The molecule has 0 spiro atoms. The second kappa shape index (κ2) is 5.32. The summed E-state index contributed by atoms with van der Waals surface area (Å²) in [5, 5.41) is 14.0. The summed E-state index contributed by atoms with van der Waals surface area (Å²) in [6.07, 6.45) is 2.43. The highest BCUT2D eigenvalue weighted by Gasteiger charge is 2.25. The Hall–Kier alpha value is -2.37. The zero-order chi connectivity index (χ0) is 13.9. The van der Waals surface area contributed by atoms with E-state index in [1.807, 2.05) is 31.3 Å². The molecule has 6 heteroatoms. The zero-order valence-corrected chi connectivity index (χ0v) is 11.3. The molecule has 20 heavy (non-hydrogen) atoms. The summed E-state index contributed by atoms with van der Waals surface area (Å²) in [4.78, 5) is 12.4. The molecule has 1 atom stereocenters. The number of hydrogen-bond donors (Lipinski definition) is 2. The van der Waals surface area contributed by atoms with Gasteiger partial charge in [-0.3, -0.25) is 4.79 Å². The van der Waals surface area contributed by atoms with Gasteiger partial charge in [-0.15, -0.1) is 10.2 Å². The van der Waals surface area contributed by atoms with Gasteiger partial charge in [0.15, 0.2) is 5.82 Å². The van der Waals surface area contributed by atoms with Crippen LogP contribution in [0.15, 0.2) is 30.6 Å². The molecular weight excluding hydrogens is 254 g/mol. The molecule has 1 unspecified atom stereocenters. The van der Waals surface area contributed by atoms with Crippen LogP contribution in [0.5, 0.6) is 0 Å². The quantitative estimate of drug-likeness (QED) is 0.874. The van der Waals surface area contributed by atoms with Gasteiger partial charge in [-0.1, -0.05) is 18.2 Å². The van der Waals surface area contributed by atoms with Crippen molar-refractivity contribution in [3.05, 3.63) is 42.0 Å². The van der Waals surface area contributed by atoms with Gasteiger partial charge < -0.3 is 15.2 Å². The van der Waals surface area contributed by atoms with Crippen molar-refractivity contribution in [1.29, 1.82) is 0 Å². The number of para-hydroxylation sites is 1. The molecule has 0 fully saturated rings. The van der Waals surface area contributed by atoms with E-state index in [9.17, 15) is 4.79 Å². The lowest BCUT2D eigenvalue weighted by Gasteiger charge is -2.25. The van der Waals surface area contributed by atoms with E-state index in [0.29, 0.717) is 6.54 Å². The summed E-state index contributed by atoms with van der Waals surface area (Å²) in [5.74, 6) is 0.697. The van der Waals surface area contributed by atoms with Crippen LogP contribution in [0.25, 0.3) is 0 Å². The Morgan fingerprint density at radius 2 is 2.35 bits per heavy atom. The smallest absolute Gasteiger partial charge is 0.228 e. The number of carbonyl (C=O) groups excluding carboxylic acids is 1. The predicted molar refractivity (Wildman–Crippen MR) is 75.1 cm³/mol. The van der Waals surface area contributed by atoms with Crippen LogP contribution in [0.1, 0.15) is 23.7 Å². The lowest BCUT2D eigenvalue weighted by Crippen LogP contribution is -2.33. The normalized spacial score (nSPS) is 17.1. The summed E-state index contributed by atoms with van der Waals surface area (Å²) in [5.41, 5.74) is 2.12. The van der Waals surface area contributed by atoms with Gasteiger partial charge in [0.05, 0.1) is 12.5 Å². The molecule has 1 amide bonds. The maximum atomic E-state index is 12.4. The van der Waals surface area contributed by atoms with E-state index in [2.05, 4.69) is 20.8 Å². The van der Waals surface area contributed by atoms with Crippen LogP contribution in [0.3, 0.4) is 0 Å². The van der Waals surface area contributed by atoms with E-state index in [1.54, 1.807) is 10.9 Å². The Kier molecular flexibility index (Phi) is 3.37. The third kappa shape index (κ3) is 2.36. The number of benzene rings is 1.